The summed E-state index contributed by atoms with van der Waals surface area (Å²) in [5.74, 6) is -1.19. The number of carbonyl (C=O) groups is 1. The fraction of sp³-hybridized carbons (Fsp3) is 0.500. The first-order chi connectivity index (χ1) is 8.09. The Morgan fingerprint density at radius 1 is 1.35 bits per heavy atom. The topological polar surface area (TPSA) is 40.5 Å². The molecule has 1 saturated heterocycles. The molecule has 1 fully saturated rings. The maximum absolute atomic E-state index is 11.2. The Balaban J connectivity index is 2.39. The van der Waals surface area contributed by atoms with Gasteiger partial charge in [0.2, 0.25) is 0 Å². The van der Waals surface area contributed by atoms with Crippen LogP contribution in [0.2, 0.25) is 0 Å². The lowest BCUT2D eigenvalue weighted by Crippen LogP contribution is -2.21. The van der Waals surface area contributed by atoms with Crippen LogP contribution in [0.1, 0.15) is 36.8 Å². The third kappa shape index (κ3) is 2.43. The molecule has 0 bridgehead atoms. The largest absolute Gasteiger partial charge is 0.481 e. The summed E-state index contributed by atoms with van der Waals surface area (Å²) in [5.41, 5.74) is 3.17. The van der Waals surface area contributed by atoms with Crippen LogP contribution in [0.15, 0.2) is 18.2 Å². The second-order valence-corrected chi connectivity index (χ2v) is 4.82. The normalized spacial score (nSPS) is 17.2. The van der Waals surface area contributed by atoms with Gasteiger partial charge in [-0.15, -0.1) is 0 Å². The van der Waals surface area contributed by atoms with Crippen molar-refractivity contribution in [1.82, 2.24) is 0 Å². The average Bonchev–Trinajstić information content (AvgIpc) is 2.81. The van der Waals surface area contributed by atoms with Crippen LogP contribution < -0.4 is 4.90 Å². The van der Waals surface area contributed by atoms with E-state index in [0.29, 0.717) is 0 Å². The van der Waals surface area contributed by atoms with Crippen molar-refractivity contribution >= 4 is 11.7 Å². The van der Waals surface area contributed by atoms with Crippen molar-refractivity contribution in [2.45, 2.75) is 32.6 Å². The molecule has 0 aliphatic carbocycles. The lowest BCUT2D eigenvalue weighted by molar-refractivity contribution is -0.138. The van der Waals surface area contributed by atoms with Crippen molar-refractivity contribution in [2.24, 2.45) is 0 Å². The van der Waals surface area contributed by atoms with Crippen LogP contribution in [0.4, 0.5) is 5.69 Å². The number of carboxylic acid groups (broad SMARTS) is 1. The van der Waals surface area contributed by atoms with Gasteiger partial charge in [0.1, 0.15) is 0 Å². The van der Waals surface area contributed by atoms with E-state index in [0.717, 1.165) is 29.9 Å². The highest BCUT2D eigenvalue weighted by molar-refractivity contribution is 5.79. The number of hydrogen-bond acceptors (Lipinski definition) is 2. The number of aryl methyl sites for hydroxylation is 1. The van der Waals surface area contributed by atoms with Crippen molar-refractivity contribution < 1.29 is 9.90 Å². The molecule has 92 valence electrons. The monoisotopic (exact) mass is 233 g/mol. The predicted molar refractivity (Wildman–Crippen MR) is 68.7 cm³/mol. The summed E-state index contributed by atoms with van der Waals surface area (Å²) in [6, 6.07) is 6.13. The van der Waals surface area contributed by atoms with Gasteiger partial charge < -0.3 is 10.0 Å². The van der Waals surface area contributed by atoms with Gasteiger partial charge in [0, 0.05) is 18.8 Å². The standard InChI is InChI=1S/C14H19NO2/c1-10-5-6-13(15-7-3-4-8-15)12(9-10)11(2)14(16)17/h5-6,9,11H,3-4,7-8H2,1-2H3,(H,16,17). The van der Waals surface area contributed by atoms with E-state index in [4.69, 9.17) is 0 Å². The van der Waals surface area contributed by atoms with E-state index in [2.05, 4.69) is 17.0 Å². The molecular weight excluding hydrogens is 214 g/mol. The first kappa shape index (κ1) is 12.0. The second-order valence-electron chi connectivity index (χ2n) is 4.82. The summed E-state index contributed by atoms with van der Waals surface area (Å²) in [5, 5.41) is 9.18. The van der Waals surface area contributed by atoms with E-state index >= 15 is 0 Å². The van der Waals surface area contributed by atoms with Crippen LogP contribution in [0.5, 0.6) is 0 Å². The van der Waals surface area contributed by atoms with E-state index in [1.807, 2.05) is 13.0 Å². The van der Waals surface area contributed by atoms with Crippen LogP contribution in [-0.4, -0.2) is 24.2 Å². The van der Waals surface area contributed by atoms with Crippen molar-refractivity contribution in [3.8, 4) is 0 Å². The van der Waals surface area contributed by atoms with E-state index in [-0.39, 0.29) is 0 Å². The van der Waals surface area contributed by atoms with Gasteiger partial charge in [0.15, 0.2) is 0 Å². The van der Waals surface area contributed by atoms with Gasteiger partial charge in [0.25, 0.3) is 0 Å². The lowest BCUT2D eigenvalue weighted by Gasteiger charge is -2.23. The van der Waals surface area contributed by atoms with Gasteiger partial charge >= 0.3 is 5.97 Å². The predicted octanol–water partition coefficient (Wildman–Crippen LogP) is 2.78. The van der Waals surface area contributed by atoms with Crippen LogP contribution >= 0.6 is 0 Å². The third-order valence-electron chi connectivity index (χ3n) is 3.47. The first-order valence-corrected chi connectivity index (χ1v) is 6.18. The zero-order valence-electron chi connectivity index (χ0n) is 10.4. The maximum Gasteiger partial charge on any atom is 0.310 e. The lowest BCUT2D eigenvalue weighted by atomic mass is 9.97. The van der Waals surface area contributed by atoms with Crippen molar-refractivity contribution in [2.75, 3.05) is 18.0 Å². The number of rotatable bonds is 3. The van der Waals surface area contributed by atoms with Crippen molar-refractivity contribution in [3.05, 3.63) is 29.3 Å². The fourth-order valence-electron chi connectivity index (χ4n) is 2.40. The van der Waals surface area contributed by atoms with Crippen LogP contribution in [0.3, 0.4) is 0 Å². The van der Waals surface area contributed by atoms with Gasteiger partial charge in [0.05, 0.1) is 5.92 Å². The van der Waals surface area contributed by atoms with Crippen LogP contribution in [0, 0.1) is 6.92 Å². The van der Waals surface area contributed by atoms with Gasteiger partial charge in [-0.1, -0.05) is 17.7 Å². The Bertz CT molecular complexity index is 422. The van der Waals surface area contributed by atoms with E-state index in [1.54, 1.807) is 6.92 Å². The van der Waals surface area contributed by atoms with Gasteiger partial charge in [-0.25, -0.2) is 0 Å². The molecule has 0 aromatic heterocycles. The van der Waals surface area contributed by atoms with Gasteiger partial charge in [-0.3, -0.25) is 4.79 Å². The molecule has 0 spiro atoms. The minimum absolute atomic E-state index is 0.439. The molecule has 2 rings (SSSR count). The smallest absolute Gasteiger partial charge is 0.310 e. The second kappa shape index (κ2) is 4.78. The van der Waals surface area contributed by atoms with Crippen LogP contribution in [-0.2, 0) is 4.79 Å². The molecule has 3 nitrogen and oxygen atoms in total. The maximum atomic E-state index is 11.2. The highest BCUT2D eigenvalue weighted by Crippen LogP contribution is 2.31. The Kier molecular flexibility index (Phi) is 3.36. The molecule has 0 radical (unpaired) electrons. The molecule has 0 saturated carbocycles. The van der Waals surface area contributed by atoms with E-state index in [1.165, 1.54) is 12.8 Å². The minimum Gasteiger partial charge on any atom is -0.481 e. The average molecular weight is 233 g/mol. The Morgan fingerprint density at radius 3 is 2.59 bits per heavy atom. The van der Waals surface area contributed by atoms with Gasteiger partial charge in [-0.2, -0.15) is 0 Å². The Hall–Kier alpha value is -1.51. The summed E-state index contributed by atoms with van der Waals surface area (Å²) in [6.45, 7) is 5.85. The quantitative estimate of drug-likeness (QED) is 0.872. The van der Waals surface area contributed by atoms with Crippen molar-refractivity contribution in [1.29, 1.82) is 0 Å². The summed E-state index contributed by atoms with van der Waals surface area (Å²) in [7, 11) is 0. The number of benzene rings is 1. The third-order valence-corrected chi connectivity index (χ3v) is 3.47. The Labute approximate surface area is 102 Å². The number of carboxylic acids is 1. The molecule has 1 aromatic carbocycles. The molecule has 1 heterocycles. The van der Waals surface area contributed by atoms with Crippen molar-refractivity contribution in [3.63, 3.8) is 0 Å². The molecule has 1 aliphatic rings. The molecule has 3 heteroatoms. The van der Waals surface area contributed by atoms with E-state index in [9.17, 15) is 9.90 Å². The highest BCUT2D eigenvalue weighted by atomic mass is 16.4. The molecule has 1 unspecified atom stereocenters. The fourth-order valence-corrected chi connectivity index (χ4v) is 2.40. The SMILES string of the molecule is Cc1ccc(N2CCCC2)c(C(C)C(=O)O)c1. The summed E-state index contributed by atoms with van der Waals surface area (Å²) < 4.78 is 0. The molecule has 1 N–H and O–H groups in total. The first-order valence-electron chi connectivity index (χ1n) is 6.18. The molecule has 1 aromatic rings. The highest BCUT2D eigenvalue weighted by Gasteiger charge is 2.22. The summed E-state index contributed by atoms with van der Waals surface area (Å²) in [4.78, 5) is 13.5. The molecule has 1 atom stereocenters. The number of hydrogen-bond donors (Lipinski definition) is 1. The van der Waals surface area contributed by atoms with Crippen LogP contribution in [0.25, 0.3) is 0 Å². The number of aliphatic carboxylic acids is 1. The molecule has 0 amide bonds. The zero-order valence-corrected chi connectivity index (χ0v) is 10.4. The number of nitrogens with zero attached hydrogens (tertiary/aromatic N) is 1. The van der Waals surface area contributed by atoms with E-state index < -0.39 is 11.9 Å². The molecule has 1 aliphatic heterocycles. The summed E-state index contributed by atoms with van der Waals surface area (Å²) >= 11 is 0. The Morgan fingerprint density at radius 2 is 2.00 bits per heavy atom. The molecule has 17 heavy (non-hydrogen) atoms. The van der Waals surface area contributed by atoms with Gasteiger partial charge in [-0.05, 0) is 38.3 Å². The number of anilines is 1. The summed E-state index contributed by atoms with van der Waals surface area (Å²) in [6.07, 6.45) is 2.41. The zero-order chi connectivity index (χ0) is 12.4. The minimum atomic E-state index is -0.754. The molecular formula is C14H19NO2.